The van der Waals surface area contributed by atoms with Crippen molar-refractivity contribution in [3.8, 4) is 0 Å². The number of hydrogen-bond donors (Lipinski definition) is 14. The number of unbranched alkanes of at least 4 members (excludes halogenated alkanes) is 35. The Bertz CT molecular complexity index is 1940. The molecule has 3 heterocycles. The molecule has 3 saturated heterocycles. The SMILES string of the molecule is CCCCCC/C=C\CCCCCCCCCC(=O)NC(COC1OC(CO)C(OC2OC(CO)C(O)C(OC3(C(=O)O)CC(O)C(NC(C)=O)C(C(O)C(O)CO)O3)C2O)C(O)C1O)C(O)CCCCCCCCCCCCCCCCCCCCCCCCCCC. The largest absolute Gasteiger partial charge is 0.477 e. The van der Waals surface area contributed by atoms with Crippen LogP contribution in [-0.4, -0.2) is 215 Å². The van der Waals surface area contributed by atoms with Gasteiger partial charge in [-0.15, -0.1) is 0 Å². The molecule has 18 atom stereocenters. The molecule has 3 aliphatic rings. The molecule has 18 unspecified atom stereocenters. The molecule has 0 aromatic heterocycles. The highest BCUT2D eigenvalue weighted by Gasteiger charge is 2.60. The maximum Gasteiger partial charge on any atom is 0.364 e. The van der Waals surface area contributed by atoms with Crippen molar-refractivity contribution in [3.63, 3.8) is 0 Å². The van der Waals surface area contributed by atoms with E-state index in [1.807, 2.05) is 0 Å². The molecule has 23 heteroatoms. The van der Waals surface area contributed by atoms with Crippen LogP contribution in [0.3, 0.4) is 0 Å². The summed E-state index contributed by atoms with van der Waals surface area (Å²) in [5.74, 6) is -6.10. The van der Waals surface area contributed by atoms with E-state index in [4.69, 9.17) is 28.4 Å². The minimum Gasteiger partial charge on any atom is -0.477 e. The van der Waals surface area contributed by atoms with Gasteiger partial charge in [-0.05, 0) is 38.5 Å². The number of carboxylic acid groups (broad SMARTS) is 1. The average molecular weight is 1350 g/mol. The van der Waals surface area contributed by atoms with Crippen LogP contribution < -0.4 is 10.6 Å². The van der Waals surface area contributed by atoms with Gasteiger partial charge in [-0.1, -0.05) is 238 Å². The highest BCUT2D eigenvalue weighted by atomic mass is 16.8. The molecule has 552 valence electrons. The third-order valence-corrected chi connectivity index (χ3v) is 19.0. The molecular weight excluding hydrogens is 1220 g/mol. The summed E-state index contributed by atoms with van der Waals surface area (Å²) >= 11 is 0. The zero-order valence-electron chi connectivity index (χ0n) is 57.8. The van der Waals surface area contributed by atoms with Crippen LogP contribution in [0.1, 0.15) is 284 Å². The Balaban J connectivity index is 1.54. The zero-order valence-corrected chi connectivity index (χ0v) is 57.8. The first kappa shape index (κ1) is 85.7. The Morgan fingerprint density at radius 2 is 0.989 bits per heavy atom. The lowest BCUT2D eigenvalue weighted by Crippen LogP contribution is -2.70. The number of carbonyl (C=O) groups excluding carboxylic acids is 2. The first-order chi connectivity index (χ1) is 45.4. The summed E-state index contributed by atoms with van der Waals surface area (Å²) in [7, 11) is 0. The molecule has 3 aliphatic heterocycles. The molecule has 94 heavy (non-hydrogen) atoms. The van der Waals surface area contributed by atoms with Gasteiger partial charge in [0, 0.05) is 19.8 Å². The Labute approximate surface area is 562 Å². The third-order valence-electron chi connectivity index (χ3n) is 19.0. The number of aliphatic hydroxyl groups is 11. The van der Waals surface area contributed by atoms with E-state index in [0.717, 1.165) is 84.0 Å². The second-order valence-corrected chi connectivity index (χ2v) is 27.2. The molecular formula is C71H132N2O21. The van der Waals surface area contributed by atoms with Crippen LogP contribution in [0.25, 0.3) is 0 Å². The van der Waals surface area contributed by atoms with Gasteiger partial charge in [0.1, 0.15) is 67.1 Å². The van der Waals surface area contributed by atoms with Gasteiger partial charge in [0.15, 0.2) is 12.6 Å². The van der Waals surface area contributed by atoms with Gasteiger partial charge in [-0.25, -0.2) is 4.79 Å². The number of allylic oxidation sites excluding steroid dienone is 2. The Hall–Kier alpha value is -2.53. The van der Waals surface area contributed by atoms with Crippen molar-refractivity contribution in [2.75, 3.05) is 26.4 Å². The molecule has 0 spiro atoms. The van der Waals surface area contributed by atoms with E-state index in [-0.39, 0.29) is 18.9 Å². The van der Waals surface area contributed by atoms with Crippen molar-refractivity contribution in [1.82, 2.24) is 10.6 Å². The van der Waals surface area contributed by atoms with Crippen molar-refractivity contribution in [2.24, 2.45) is 0 Å². The van der Waals surface area contributed by atoms with Crippen LogP contribution in [0, 0.1) is 0 Å². The van der Waals surface area contributed by atoms with Crippen LogP contribution >= 0.6 is 0 Å². The van der Waals surface area contributed by atoms with Crippen molar-refractivity contribution in [1.29, 1.82) is 0 Å². The van der Waals surface area contributed by atoms with Crippen molar-refractivity contribution in [2.45, 2.75) is 394 Å². The summed E-state index contributed by atoms with van der Waals surface area (Å²) in [4.78, 5) is 38.6. The number of carboxylic acids is 1. The van der Waals surface area contributed by atoms with E-state index in [1.54, 1.807) is 0 Å². The Morgan fingerprint density at radius 1 is 0.543 bits per heavy atom. The Morgan fingerprint density at radius 3 is 1.45 bits per heavy atom. The standard InChI is InChI=1S/C71H132N2O21/c1-4-6-8-10-12-14-16-18-20-21-22-23-24-25-26-27-28-29-31-32-34-36-38-40-42-44-53(78)52(73-58(81)45-43-41-39-37-35-33-30-19-17-15-13-11-9-7-5-2)50-89-68-63(85)62(84)65(57(49-76)91-68)92-69-64(86)67(61(83)56(48-75)90-69)94-71(70(87)88)46-54(79)59(72-51(3)77)66(93-71)60(82)55(80)47-74/h15,17,52-57,59-69,74-76,78-80,82-86H,4-14,16,18-50H2,1-3H3,(H,72,77)(H,73,81)(H,87,88)/b17-15-. The van der Waals surface area contributed by atoms with Crippen LogP contribution in [0.4, 0.5) is 0 Å². The zero-order chi connectivity index (χ0) is 68.9. The number of rotatable bonds is 57. The molecule has 0 aliphatic carbocycles. The van der Waals surface area contributed by atoms with E-state index < -0.39 is 148 Å². The maximum absolute atomic E-state index is 13.5. The molecule has 0 saturated carbocycles. The van der Waals surface area contributed by atoms with Gasteiger partial charge in [0.2, 0.25) is 11.8 Å². The number of nitrogens with one attached hydrogen (secondary N) is 2. The predicted molar refractivity (Wildman–Crippen MR) is 357 cm³/mol. The topological polar surface area (TPSA) is 373 Å². The minimum atomic E-state index is -3.08. The molecule has 0 aromatic carbocycles. The first-order valence-corrected chi connectivity index (χ1v) is 37.0. The highest BCUT2D eigenvalue weighted by Crippen LogP contribution is 2.39. The second kappa shape index (κ2) is 51.6. The number of hydrogen-bond acceptors (Lipinski definition) is 20. The average Bonchev–Trinajstić information content (AvgIpc) is 0.762. The van der Waals surface area contributed by atoms with Crippen molar-refractivity contribution < 1.29 is 104 Å². The summed E-state index contributed by atoms with van der Waals surface area (Å²) in [6.45, 7) is 2.21. The molecule has 2 amide bonds. The normalized spacial score (nSPS) is 27.9. The second-order valence-electron chi connectivity index (χ2n) is 27.2. The molecule has 0 radical (unpaired) electrons. The van der Waals surface area contributed by atoms with Gasteiger partial charge in [0.05, 0.1) is 50.7 Å². The fraction of sp³-hybridized carbons (Fsp3) is 0.930. The molecule has 0 aromatic rings. The highest BCUT2D eigenvalue weighted by molar-refractivity contribution is 5.77. The fourth-order valence-electron chi connectivity index (χ4n) is 13.1. The minimum absolute atomic E-state index is 0.220. The number of carbonyl (C=O) groups is 3. The fourth-order valence-corrected chi connectivity index (χ4v) is 13.1. The van der Waals surface area contributed by atoms with Gasteiger partial charge in [-0.3, -0.25) is 9.59 Å². The predicted octanol–water partition coefficient (Wildman–Crippen LogP) is 7.85. The van der Waals surface area contributed by atoms with Crippen molar-refractivity contribution in [3.05, 3.63) is 12.2 Å². The van der Waals surface area contributed by atoms with Gasteiger partial charge in [-0.2, -0.15) is 0 Å². The quantitative estimate of drug-likeness (QED) is 0.0203. The monoisotopic (exact) mass is 1350 g/mol. The maximum atomic E-state index is 13.5. The van der Waals surface area contributed by atoms with Crippen molar-refractivity contribution >= 4 is 17.8 Å². The van der Waals surface area contributed by atoms with Crippen LogP contribution in [-0.2, 0) is 42.8 Å². The van der Waals surface area contributed by atoms with Gasteiger partial charge < -0.3 is 100 Å². The number of aliphatic hydroxyl groups excluding tert-OH is 11. The Kier molecular flexibility index (Phi) is 47.0. The smallest absolute Gasteiger partial charge is 0.364 e. The summed E-state index contributed by atoms with van der Waals surface area (Å²) < 4.78 is 34.9. The van der Waals surface area contributed by atoms with E-state index in [2.05, 4.69) is 36.6 Å². The molecule has 3 fully saturated rings. The van der Waals surface area contributed by atoms with Crippen LogP contribution in [0.15, 0.2) is 12.2 Å². The third kappa shape index (κ3) is 33.1. The lowest BCUT2D eigenvalue weighted by molar-refractivity contribution is -0.386. The number of ether oxygens (including phenoxy) is 6. The first-order valence-electron chi connectivity index (χ1n) is 37.0. The van der Waals surface area contributed by atoms with E-state index in [0.29, 0.717) is 19.3 Å². The lowest BCUT2D eigenvalue weighted by Gasteiger charge is -2.50. The lowest BCUT2D eigenvalue weighted by atomic mass is 9.88. The summed E-state index contributed by atoms with van der Waals surface area (Å²) in [6.07, 6.45) is 22.1. The molecule has 14 N–H and O–H groups in total. The number of amides is 2. The van der Waals surface area contributed by atoms with Crippen LogP contribution in [0.2, 0.25) is 0 Å². The number of aliphatic carboxylic acids is 1. The van der Waals surface area contributed by atoms with E-state index in [9.17, 15) is 75.7 Å². The summed E-state index contributed by atoms with van der Waals surface area (Å²) in [5, 5.41) is 136. The van der Waals surface area contributed by atoms with E-state index >= 15 is 0 Å². The summed E-state index contributed by atoms with van der Waals surface area (Å²) in [5.41, 5.74) is 0. The summed E-state index contributed by atoms with van der Waals surface area (Å²) in [6, 6.07) is -2.53. The molecule has 0 bridgehead atoms. The van der Waals surface area contributed by atoms with Gasteiger partial charge in [0.25, 0.3) is 5.79 Å². The molecule has 3 rings (SSSR count). The van der Waals surface area contributed by atoms with E-state index in [1.165, 1.54) is 154 Å². The van der Waals surface area contributed by atoms with Crippen LogP contribution in [0.5, 0.6) is 0 Å². The van der Waals surface area contributed by atoms with Gasteiger partial charge >= 0.3 is 5.97 Å². The molecule has 23 nitrogen and oxygen atoms in total.